The molecule has 1 aliphatic heterocycles. The van der Waals surface area contributed by atoms with Crippen LogP contribution in [0, 0.1) is 5.92 Å². The molecule has 3 rings (SSSR count). The maximum Gasteiger partial charge on any atom is 0.224 e. The molecule has 1 saturated heterocycles. The van der Waals surface area contributed by atoms with Gasteiger partial charge in [-0.2, -0.15) is 0 Å². The van der Waals surface area contributed by atoms with Crippen molar-refractivity contribution in [2.24, 2.45) is 5.92 Å². The minimum absolute atomic E-state index is 0.172. The van der Waals surface area contributed by atoms with Gasteiger partial charge in [0, 0.05) is 19.0 Å². The Bertz CT molecular complexity index is 452. The number of nitrogens with one attached hydrogen (secondary N) is 2. The SMILES string of the molecule is O=C(NCC1CCc2ccccc21)C1CCCNC1. The van der Waals surface area contributed by atoms with Crippen LogP contribution in [0.5, 0.6) is 0 Å². The number of aryl methyl sites for hydroxylation is 1. The van der Waals surface area contributed by atoms with Gasteiger partial charge in [0.1, 0.15) is 0 Å². The molecule has 0 radical (unpaired) electrons. The van der Waals surface area contributed by atoms with Crippen LogP contribution >= 0.6 is 0 Å². The lowest BCUT2D eigenvalue weighted by Crippen LogP contribution is -2.41. The van der Waals surface area contributed by atoms with Gasteiger partial charge in [-0.1, -0.05) is 24.3 Å². The molecule has 2 N–H and O–H groups in total. The highest BCUT2D eigenvalue weighted by atomic mass is 16.1. The van der Waals surface area contributed by atoms with Crippen molar-refractivity contribution in [1.82, 2.24) is 10.6 Å². The van der Waals surface area contributed by atoms with Crippen LogP contribution in [0.15, 0.2) is 24.3 Å². The van der Waals surface area contributed by atoms with Crippen molar-refractivity contribution in [3.05, 3.63) is 35.4 Å². The highest BCUT2D eigenvalue weighted by Gasteiger charge is 2.25. The predicted molar refractivity (Wildman–Crippen MR) is 76.1 cm³/mol. The third kappa shape index (κ3) is 2.81. The Labute approximate surface area is 114 Å². The van der Waals surface area contributed by atoms with Gasteiger partial charge in [0.25, 0.3) is 0 Å². The van der Waals surface area contributed by atoms with E-state index in [-0.39, 0.29) is 11.8 Å². The van der Waals surface area contributed by atoms with E-state index < -0.39 is 0 Å². The molecule has 1 amide bonds. The second kappa shape index (κ2) is 5.74. The molecule has 0 spiro atoms. The fraction of sp³-hybridized carbons (Fsp3) is 0.562. The standard InChI is InChI=1S/C16H22N2O/c19-16(14-5-3-9-17-10-14)18-11-13-8-7-12-4-1-2-6-15(12)13/h1-2,4,6,13-14,17H,3,5,7-11H2,(H,18,19). The van der Waals surface area contributed by atoms with E-state index in [1.807, 2.05) is 0 Å². The molecule has 0 aromatic heterocycles. The number of carbonyl (C=O) groups is 1. The molecule has 2 atom stereocenters. The average molecular weight is 258 g/mol. The van der Waals surface area contributed by atoms with E-state index in [2.05, 4.69) is 34.9 Å². The topological polar surface area (TPSA) is 41.1 Å². The molecule has 1 fully saturated rings. The molecule has 1 aromatic rings. The van der Waals surface area contributed by atoms with Crippen molar-refractivity contribution in [3.8, 4) is 0 Å². The van der Waals surface area contributed by atoms with Crippen LogP contribution in [0.3, 0.4) is 0 Å². The van der Waals surface area contributed by atoms with E-state index in [1.54, 1.807) is 0 Å². The van der Waals surface area contributed by atoms with Crippen LogP contribution in [0.2, 0.25) is 0 Å². The molecule has 1 heterocycles. The summed E-state index contributed by atoms with van der Waals surface area (Å²) in [5.74, 6) is 0.915. The second-order valence-electron chi connectivity index (χ2n) is 5.72. The number of hydrogen-bond donors (Lipinski definition) is 2. The van der Waals surface area contributed by atoms with Gasteiger partial charge in [-0.3, -0.25) is 4.79 Å². The molecule has 1 aromatic carbocycles. The molecular formula is C16H22N2O. The maximum absolute atomic E-state index is 12.1. The van der Waals surface area contributed by atoms with Gasteiger partial charge in [0.2, 0.25) is 5.91 Å². The molecule has 2 unspecified atom stereocenters. The van der Waals surface area contributed by atoms with Gasteiger partial charge in [0.05, 0.1) is 5.92 Å². The first-order chi connectivity index (χ1) is 9.34. The van der Waals surface area contributed by atoms with Crippen LogP contribution in [0.25, 0.3) is 0 Å². The van der Waals surface area contributed by atoms with E-state index >= 15 is 0 Å². The molecular weight excluding hydrogens is 236 g/mol. The van der Waals surface area contributed by atoms with E-state index in [1.165, 1.54) is 17.5 Å². The Morgan fingerprint density at radius 2 is 2.21 bits per heavy atom. The highest BCUT2D eigenvalue weighted by molar-refractivity contribution is 5.79. The van der Waals surface area contributed by atoms with Crippen LogP contribution in [-0.2, 0) is 11.2 Å². The third-order valence-electron chi connectivity index (χ3n) is 4.45. The van der Waals surface area contributed by atoms with Gasteiger partial charge in [-0.15, -0.1) is 0 Å². The fourth-order valence-electron chi connectivity index (χ4n) is 3.30. The summed E-state index contributed by atoms with van der Waals surface area (Å²) in [6, 6.07) is 8.63. The van der Waals surface area contributed by atoms with Crippen molar-refractivity contribution in [1.29, 1.82) is 0 Å². The minimum atomic E-state index is 0.172. The van der Waals surface area contributed by atoms with E-state index in [0.29, 0.717) is 5.92 Å². The molecule has 3 heteroatoms. The van der Waals surface area contributed by atoms with Crippen LogP contribution in [-0.4, -0.2) is 25.5 Å². The monoisotopic (exact) mass is 258 g/mol. The minimum Gasteiger partial charge on any atom is -0.355 e. The van der Waals surface area contributed by atoms with Crippen LogP contribution in [0.4, 0.5) is 0 Å². The molecule has 2 aliphatic rings. The van der Waals surface area contributed by atoms with Gasteiger partial charge in [-0.25, -0.2) is 0 Å². The van der Waals surface area contributed by atoms with Crippen LogP contribution in [0.1, 0.15) is 36.3 Å². The van der Waals surface area contributed by atoms with Crippen molar-refractivity contribution in [2.75, 3.05) is 19.6 Å². The predicted octanol–water partition coefficient (Wildman–Crippen LogP) is 1.83. The molecule has 3 nitrogen and oxygen atoms in total. The second-order valence-corrected chi connectivity index (χ2v) is 5.72. The Morgan fingerprint density at radius 1 is 1.32 bits per heavy atom. The summed E-state index contributed by atoms with van der Waals surface area (Å²) in [6.45, 7) is 2.69. The number of hydrogen-bond acceptors (Lipinski definition) is 2. The molecule has 0 saturated carbocycles. The Balaban J connectivity index is 1.54. The summed E-state index contributed by atoms with van der Waals surface area (Å²) in [5, 5.41) is 6.45. The highest BCUT2D eigenvalue weighted by Crippen LogP contribution is 2.32. The molecule has 19 heavy (non-hydrogen) atoms. The quantitative estimate of drug-likeness (QED) is 0.868. The summed E-state index contributed by atoms with van der Waals surface area (Å²) in [7, 11) is 0. The maximum atomic E-state index is 12.1. The fourth-order valence-corrected chi connectivity index (χ4v) is 3.30. The molecule has 0 bridgehead atoms. The van der Waals surface area contributed by atoms with Crippen LogP contribution < -0.4 is 10.6 Å². The number of benzene rings is 1. The first-order valence-corrected chi connectivity index (χ1v) is 7.41. The van der Waals surface area contributed by atoms with Gasteiger partial charge in [0.15, 0.2) is 0 Å². The largest absolute Gasteiger partial charge is 0.355 e. The zero-order chi connectivity index (χ0) is 13.1. The van der Waals surface area contributed by atoms with Crippen molar-refractivity contribution in [3.63, 3.8) is 0 Å². The zero-order valence-electron chi connectivity index (χ0n) is 11.3. The van der Waals surface area contributed by atoms with Gasteiger partial charge < -0.3 is 10.6 Å². The summed E-state index contributed by atoms with van der Waals surface area (Å²) in [5.41, 5.74) is 2.89. The van der Waals surface area contributed by atoms with E-state index in [9.17, 15) is 4.79 Å². The summed E-state index contributed by atoms with van der Waals surface area (Å²) in [6.07, 6.45) is 4.47. The number of amides is 1. The van der Waals surface area contributed by atoms with E-state index in [0.717, 1.165) is 38.9 Å². The summed E-state index contributed by atoms with van der Waals surface area (Å²) < 4.78 is 0. The van der Waals surface area contributed by atoms with Crippen molar-refractivity contribution < 1.29 is 4.79 Å². The number of carbonyl (C=O) groups excluding carboxylic acids is 1. The summed E-state index contributed by atoms with van der Waals surface area (Å²) >= 11 is 0. The molecule has 102 valence electrons. The number of fused-ring (bicyclic) bond motifs is 1. The Morgan fingerprint density at radius 3 is 3.05 bits per heavy atom. The first-order valence-electron chi connectivity index (χ1n) is 7.41. The van der Waals surface area contributed by atoms with E-state index in [4.69, 9.17) is 0 Å². The molecule has 1 aliphatic carbocycles. The average Bonchev–Trinajstić information content (AvgIpc) is 2.89. The first kappa shape index (κ1) is 12.7. The lowest BCUT2D eigenvalue weighted by atomic mass is 9.97. The Kier molecular flexibility index (Phi) is 3.83. The number of rotatable bonds is 3. The van der Waals surface area contributed by atoms with Gasteiger partial charge >= 0.3 is 0 Å². The van der Waals surface area contributed by atoms with Crippen molar-refractivity contribution in [2.45, 2.75) is 31.6 Å². The normalized spacial score (nSPS) is 25.9. The smallest absolute Gasteiger partial charge is 0.224 e. The lowest BCUT2D eigenvalue weighted by molar-refractivity contribution is -0.125. The summed E-state index contributed by atoms with van der Waals surface area (Å²) in [4.78, 5) is 12.1. The number of piperidine rings is 1. The van der Waals surface area contributed by atoms with Gasteiger partial charge in [-0.05, 0) is 43.4 Å². The van der Waals surface area contributed by atoms with Crippen molar-refractivity contribution >= 4 is 5.91 Å². The third-order valence-corrected chi connectivity index (χ3v) is 4.45. The Hall–Kier alpha value is -1.35. The lowest BCUT2D eigenvalue weighted by Gasteiger charge is -2.23. The zero-order valence-corrected chi connectivity index (χ0v) is 11.3.